The van der Waals surface area contributed by atoms with Crippen LogP contribution in [0.25, 0.3) is 0 Å². The fraction of sp³-hybridized carbons (Fsp3) is 0.882. The van der Waals surface area contributed by atoms with Gasteiger partial charge in [-0.2, -0.15) is 0 Å². The molecule has 0 bridgehead atoms. The fourth-order valence-corrected chi connectivity index (χ4v) is 2.81. The second-order valence-corrected chi connectivity index (χ2v) is 9.13. The van der Waals surface area contributed by atoms with E-state index in [0.29, 0.717) is 5.88 Å². The van der Waals surface area contributed by atoms with E-state index in [1.807, 2.05) is 33.7 Å². The first-order valence-electron chi connectivity index (χ1n) is 8.79. The molecule has 2 fully saturated rings. The Morgan fingerprint density at radius 3 is 1.62 bits per heavy atom. The highest BCUT2D eigenvalue weighted by Gasteiger charge is 2.54. The summed E-state index contributed by atoms with van der Waals surface area (Å²) in [6.45, 7) is 16.4. The van der Waals surface area contributed by atoms with Gasteiger partial charge in [0, 0.05) is 5.88 Å². The van der Waals surface area contributed by atoms with Crippen molar-refractivity contribution in [2.75, 3.05) is 5.88 Å². The van der Waals surface area contributed by atoms with Gasteiger partial charge in [0.25, 0.3) is 0 Å². The van der Waals surface area contributed by atoms with Gasteiger partial charge in [-0.25, -0.2) is 0 Å². The van der Waals surface area contributed by atoms with Crippen molar-refractivity contribution < 1.29 is 18.6 Å². The largest absolute Gasteiger partial charge is 0.489 e. The van der Waals surface area contributed by atoms with Gasteiger partial charge in [0.15, 0.2) is 0 Å². The lowest BCUT2D eigenvalue weighted by molar-refractivity contribution is 0.00578. The van der Waals surface area contributed by atoms with Crippen molar-refractivity contribution >= 4 is 25.8 Å². The Morgan fingerprint density at radius 2 is 1.21 bits per heavy atom. The Morgan fingerprint density at radius 1 is 0.792 bits per heavy atom. The summed E-state index contributed by atoms with van der Waals surface area (Å²) in [5.74, 6) is 2.60. The Labute approximate surface area is 152 Å². The highest BCUT2D eigenvalue weighted by molar-refractivity contribution is 6.60. The molecular weight excluding hydrogens is 325 g/mol. The maximum Gasteiger partial charge on any atom is 0.489 e. The van der Waals surface area contributed by atoms with Crippen molar-refractivity contribution in [1.29, 1.82) is 0 Å². The smallest absolute Gasteiger partial charge is 0.400 e. The summed E-state index contributed by atoms with van der Waals surface area (Å²) in [6.07, 6.45) is 1.65. The first-order chi connectivity index (χ1) is 10.8. The summed E-state index contributed by atoms with van der Waals surface area (Å²) in [4.78, 5) is 0. The molecule has 0 spiro atoms. The summed E-state index contributed by atoms with van der Waals surface area (Å²) in [5, 5.41) is 0. The molecule has 2 rings (SSSR count). The normalized spacial score (nSPS) is 27.8. The number of rotatable bonds is 5. The lowest BCUT2D eigenvalue weighted by atomic mass is 9.69. The molecule has 24 heavy (non-hydrogen) atoms. The van der Waals surface area contributed by atoms with Crippen LogP contribution in [0.5, 0.6) is 0 Å². The summed E-state index contributed by atoms with van der Waals surface area (Å²) >= 11 is 5.90. The van der Waals surface area contributed by atoms with Gasteiger partial charge in [0.1, 0.15) is 0 Å². The predicted molar refractivity (Wildman–Crippen MR) is 100 cm³/mol. The van der Waals surface area contributed by atoms with E-state index < -0.39 is 14.2 Å². The number of alkyl halides is 1. The van der Waals surface area contributed by atoms with E-state index in [1.165, 1.54) is 0 Å². The standard InChI is InChI=1S/C17H31B2ClO4/c1-14(2)15(3,4)22-18(21-14)12-13(10-9-11-20)19-23-16(5,6)17(7,8)24-19/h12H,9-11H2,1-8H3/b13-12-. The van der Waals surface area contributed by atoms with Gasteiger partial charge in [-0.05, 0) is 73.7 Å². The van der Waals surface area contributed by atoms with E-state index in [9.17, 15) is 0 Å². The molecule has 4 nitrogen and oxygen atoms in total. The third-order valence-electron chi connectivity index (χ3n) is 5.78. The average Bonchev–Trinajstić information content (AvgIpc) is 2.73. The van der Waals surface area contributed by atoms with E-state index in [2.05, 4.69) is 27.7 Å². The molecule has 0 aliphatic carbocycles. The molecule has 2 heterocycles. The van der Waals surface area contributed by atoms with Crippen LogP contribution in [0.3, 0.4) is 0 Å². The van der Waals surface area contributed by atoms with Crippen molar-refractivity contribution in [2.24, 2.45) is 0 Å². The number of hydrogen-bond donors (Lipinski definition) is 0. The lowest BCUT2D eigenvalue weighted by Crippen LogP contribution is -2.41. The van der Waals surface area contributed by atoms with Crippen LogP contribution >= 0.6 is 11.6 Å². The third-order valence-corrected chi connectivity index (χ3v) is 6.04. The van der Waals surface area contributed by atoms with Crippen LogP contribution in [0.1, 0.15) is 68.2 Å². The number of hydrogen-bond acceptors (Lipinski definition) is 4. The van der Waals surface area contributed by atoms with E-state index in [1.54, 1.807) is 0 Å². The molecule has 0 saturated carbocycles. The highest BCUT2D eigenvalue weighted by Crippen LogP contribution is 2.41. The Hall–Kier alpha value is -0.000130. The minimum atomic E-state index is -0.403. The molecule has 0 radical (unpaired) electrons. The van der Waals surface area contributed by atoms with Crippen molar-refractivity contribution in [3.8, 4) is 0 Å². The molecule has 0 atom stereocenters. The van der Waals surface area contributed by atoms with Gasteiger partial charge >= 0.3 is 14.2 Å². The molecule has 0 N–H and O–H groups in total. The SMILES string of the molecule is CC1(C)OB(/C=C(/CCCCl)B2OC(C)(C)C(C)(C)O2)OC1(C)C. The zero-order chi connectivity index (χ0) is 18.4. The highest BCUT2D eigenvalue weighted by atomic mass is 35.5. The number of halogens is 1. The van der Waals surface area contributed by atoms with E-state index in [0.717, 1.165) is 18.3 Å². The van der Waals surface area contributed by atoms with E-state index in [-0.39, 0.29) is 22.4 Å². The molecule has 2 aliphatic rings. The Bertz CT molecular complexity index is 471. The zero-order valence-electron chi connectivity index (χ0n) is 16.4. The van der Waals surface area contributed by atoms with Crippen molar-refractivity contribution in [1.82, 2.24) is 0 Å². The molecule has 136 valence electrons. The fourth-order valence-electron chi connectivity index (χ4n) is 2.68. The van der Waals surface area contributed by atoms with Gasteiger partial charge < -0.3 is 18.6 Å². The minimum Gasteiger partial charge on any atom is -0.400 e. The second kappa shape index (κ2) is 6.62. The van der Waals surface area contributed by atoms with Crippen molar-refractivity contribution in [2.45, 2.75) is 90.6 Å². The van der Waals surface area contributed by atoms with Crippen LogP contribution in [0, 0.1) is 0 Å². The predicted octanol–water partition coefficient (Wildman–Crippen LogP) is 4.19. The van der Waals surface area contributed by atoms with Gasteiger partial charge in [-0.15, -0.1) is 11.6 Å². The van der Waals surface area contributed by atoms with Crippen LogP contribution in [-0.2, 0) is 18.6 Å². The Balaban J connectivity index is 2.21. The molecule has 0 aromatic carbocycles. The quantitative estimate of drug-likeness (QED) is 0.547. The molecule has 0 aromatic rings. The lowest BCUT2D eigenvalue weighted by Gasteiger charge is -2.32. The first-order valence-corrected chi connectivity index (χ1v) is 9.33. The maximum absolute atomic E-state index is 6.19. The van der Waals surface area contributed by atoms with Gasteiger partial charge in [-0.1, -0.05) is 5.98 Å². The van der Waals surface area contributed by atoms with Crippen LogP contribution in [0.15, 0.2) is 11.4 Å². The van der Waals surface area contributed by atoms with Gasteiger partial charge in [-0.3, -0.25) is 0 Å². The van der Waals surface area contributed by atoms with Crippen LogP contribution in [0.2, 0.25) is 0 Å². The second-order valence-electron chi connectivity index (χ2n) is 8.75. The van der Waals surface area contributed by atoms with Crippen LogP contribution < -0.4 is 0 Å². The zero-order valence-corrected chi connectivity index (χ0v) is 17.1. The van der Waals surface area contributed by atoms with E-state index in [4.69, 9.17) is 30.2 Å². The topological polar surface area (TPSA) is 36.9 Å². The van der Waals surface area contributed by atoms with Crippen LogP contribution in [0.4, 0.5) is 0 Å². The third kappa shape index (κ3) is 3.88. The van der Waals surface area contributed by atoms with Crippen LogP contribution in [-0.4, -0.2) is 42.5 Å². The maximum atomic E-state index is 6.19. The first kappa shape index (κ1) is 20.3. The molecule has 2 aliphatic heterocycles. The molecule has 2 saturated heterocycles. The summed E-state index contributed by atoms with van der Waals surface area (Å²) in [6, 6.07) is 0. The van der Waals surface area contributed by atoms with Gasteiger partial charge in [0.2, 0.25) is 0 Å². The van der Waals surface area contributed by atoms with Gasteiger partial charge in [0.05, 0.1) is 22.4 Å². The average molecular weight is 357 g/mol. The van der Waals surface area contributed by atoms with Crippen molar-refractivity contribution in [3.63, 3.8) is 0 Å². The summed E-state index contributed by atoms with van der Waals surface area (Å²) in [5.41, 5.74) is -0.419. The summed E-state index contributed by atoms with van der Waals surface area (Å²) in [7, 11) is -0.795. The molecular formula is C17H31B2ClO4. The molecule has 0 amide bonds. The number of allylic oxidation sites excluding steroid dienone is 1. The minimum absolute atomic E-state index is 0.359. The molecule has 0 unspecified atom stereocenters. The Kier molecular flexibility index (Phi) is 5.60. The summed E-state index contributed by atoms with van der Waals surface area (Å²) < 4.78 is 24.6. The monoisotopic (exact) mass is 356 g/mol. The van der Waals surface area contributed by atoms with E-state index >= 15 is 0 Å². The van der Waals surface area contributed by atoms with Crippen molar-refractivity contribution in [3.05, 3.63) is 11.4 Å². The molecule has 7 heteroatoms. The molecule has 0 aromatic heterocycles.